The van der Waals surface area contributed by atoms with E-state index in [4.69, 9.17) is 4.74 Å². The van der Waals surface area contributed by atoms with Gasteiger partial charge < -0.3 is 15.0 Å². The number of hydrogen-bond donors (Lipinski definition) is 1. The van der Waals surface area contributed by atoms with E-state index in [1.54, 1.807) is 0 Å². The van der Waals surface area contributed by atoms with Crippen molar-refractivity contribution in [3.8, 4) is 0 Å². The largest absolute Gasteiger partial charge is 0.380 e. The summed E-state index contributed by atoms with van der Waals surface area (Å²) in [6.07, 6.45) is 7.07. The van der Waals surface area contributed by atoms with Crippen LogP contribution in [0.3, 0.4) is 0 Å². The lowest BCUT2D eigenvalue weighted by Crippen LogP contribution is -2.40. The number of amides is 1. The fraction of sp³-hybridized carbons (Fsp3) is 0.938. The van der Waals surface area contributed by atoms with Crippen molar-refractivity contribution in [3.05, 3.63) is 0 Å². The molecule has 1 saturated heterocycles. The molecular weight excluding hydrogens is 252 g/mol. The maximum Gasteiger partial charge on any atom is 0.223 e. The summed E-state index contributed by atoms with van der Waals surface area (Å²) in [5.74, 6) is 1.28. The van der Waals surface area contributed by atoms with Crippen LogP contribution in [0, 0.1) is 11.8 Å². The molecule has 0 radical (unpaired) electrons. The Hall–Kier alpha value is -0.610. The van der Waals surface area contributed by atoms with Gasteiger partial charge in [-0.05, 0) is 51.6 Å². The average molecular weight is 282 g/mol. The molecule has 0 spiro atoms. The number of nitrogens with one attached hydrogen (secondary N) is 1. The number of hydrogen-bond acceptors (Lipinski definition) is 3. The Bertz CT molecular complexity index is 282. The Kier molecular flexibility index (Phi) is 6.80. The summed E-state index contributed by atoms with van der Waals surface area (Å²) in [4.78, 5) is 14.5. The molecular formula is C16H30N2O2. The number of ether oxygens (including phenoxy) is 1. The highest BCUT2D eigenvalue weighted by molar-refractivity contribution is 5.78. The third kappa shape index (κ3) is 5.06. The highest BCUT2D eigenvalue weighted by Gasteiger charge is 2.24. The van der Waals surface area contributed by atoms with Crippen LogP contribution in [0.5, 0.6) is 0 Å². The maximum atomic E-state index is 12.0. The third-order valence-electron chi connectivity index (χ3n) is 4.75. The van der Waals surface area contributed by atoms with Gasteiger partial charge in [0.2, 0.25) is 5.91 Å². The highest BCUT2D eigenvalue weighted by Crippen LogP contribution is 2.25. The van der Waals surface area contributed by atoms with Crippen molar-refractivity contribution in [2.75, 3.05) is 39.4 Å². The number of nitrogens with zero attached hydrogens (tertiary/aromatic N) is 1. The standard InChI is InChI=1S/C16H30N2O2/c1-2-20-12-11-18-9-7-14(8-10-18)13-17-16(19)15-5-3-4-6-15/h14-15H,2-13H2,1H3,(H,17,19). The minimum Gasteiger partial charge on any atom is -0.380 e. The molecule has 4 heteroatoms. The second kappa shape index (κ2) is 8.63. The second-order valence-electron chi connectivity index (χ2n) is 6.21. The van der Waals surface area contributed by atoms with Crippen LogP contribution in [0.2, 0.25) is 0 Å². The molecule has 0 aromatic rings. The Morgan fingerprint density at radius 2 is 1.90 bits per heavy atom. The van der Waals surface area contributed by atoms with Gasteiger partial charge in [-0.25, -0.2) is 0 Å². The maximum absolute atomic E-state index is 12.0. The Labute approximate surface area is 123 Å². The zero-order valence-corrected chi connectivity index (χ0v) is 12.9. The smallest absolute Gasteiger partial charge is 0.223 e. The van der Waals surface area contributed by atoms with Crippen LogP contribution in [-0.2, 0) is 9.53 Å². The van der Waals surface area contributed by atoms with E-state index in [9.17, 15) is 4.79 Å². The van der Waals surface area contributed by atoms with Crippen LogP contribution in [0.15, 0.2) is 0 Å². The molecule has 0 aromatic heterocycles. The molecule has 2 aliphatic rings. The van der Waals surface area contributed by atoms with E-state index in [0.29, 0.717) is 17.7 Å². The minimum absolute atomic E-state index is 0.307. The number of likely N-dealkylation sites (tertiary alicyclic amines) is 1. The Morgan fingerprint density at radius 1 is 1.20 bits per heavy atom. The van der Waals surface area contributed by atoms with Gasteiger partial charge in [0.05, 0.1) is 6.61 Å². The van der Waals surface area contributed by atoms with Gasteiger partial charge in [-0.2, -0.15) is 0 Å². The molecule has 2 fully saturated rings. The van der Waals surface area contributed by atoms with Gasteiger partial charge in [-0.1, -0.05) is 12.8 Å². The van der Waals surface area contributed by atoms with Crippen LogP contribution in [0.1, 0.15) is 45.4 Å². The lowest BCUT2D eigenvalue weighted by Gasteiger charge is -2.32. The van der Waals surface area contributed by atoms with E-state index in [2.05, 4.69) is 10.2 Å². The predicted molar refractivity (Wildman–Crippen MR) is 80.6 cm³/mol. The van der Waals surface area contributed by atoms with Crippen LogP contribution in [-0.4, -0.2) is 50.2 Å². The molecule has 1 aliphatic heterocycles. The summed E-state index contributed by atoms with van der Waals surface area (Å²) >= 11 is 0. The van der Waals surface area contributed by atoms with Crippen LogP contribution < -0.4 is 5.32 Å². The Balaban J connectivity index is 1.56. The van der Waals surface area contributed by atoms with E-state index >= 15 is 0 Å². The van der Waals surface area contributed by atoms with Crippen molar-refractivity contribution in [3.63, 3.8) is 0 Å². The van der Waals surface area contributed by atoms with Gasteiger partial charge in [0, 0.05) is 25.6 Å². The van der Waals surface area contributed by atoms with E-state index < -0.39 is 0 Å². The summed E-state index contributed by atoms with van der Waals surface area (Å²) < 4.78 is 5.40. The van der Waals surface area contributed by atoms with Gasteiger partial charge in [-0.15, -0.1) is 0 Å². The molecule has 0 unspecified atom stereocenters. The van der Waals surface area contributed by atoms with E-state index in [0.717, 1.165) is 52.2 Å². The molecule has 0 atom stereocenters. The first kappa shape index (κ1) is 15.8. The first-order valence-electron chi connectivity index (χ1n) is 8.37. The molecule has 1 amide bonds. The number of carbonyl (C=O) groups is 1. The molecule has 1 aliphatic carbocycles. The molecule has 0 bridgehead atoms. The van der Waals surface area contributed by atoms with E-state index in [1.807, 2.05) is 6.92 Å². The summed E-state index contributed by atoms with van der Waals surface area (Å²) in [5.41, 5.74) is 0. The van der Waals surface area contributed by atoms with Crippen molar-refractivity contribution >= 4 is 5.91 Å². The van der Waals surface area contributed by atoms with Crippen LogP contribution >= 0.6 is 0 Å². The van der Waals surface area contributed by atoms with Gasteiger partial charge in [0.15, 0.2) is 0 Å². The zero-order valence-electron chi connectivity index (χ0n) is 12.9. The number of piperidine rings is 1. The SMILES string of the molecule is CCOCCN1CCC(CNC(=O)C2CCCC2)CC1. The van der Waals surface area contributed by atoms with Crippen molar-refractivity contribution in [2.24, 2.45) is 11.8 Å². The Morgan fingerprint density at radius 3 is 2.55 bits per heavy atom. The lowest BCUT2D eigenvalue weighted by molar-refractivity contribution is -0.125. The van der Waals surface area contributed by atoms with Crippen molar-refractivity contribution in [1.29, 1.82) is 0 Å². The molecule has 1 heterocycles. The van der Waals surface area contributed by atoms with E-state index in [-0.39, 0.29) is 0 Å². The second-order valence-corrected chi connectivity index (χ2v) is 6.21. The fourth-order valence-electron chi connectivity index (χ4n) is 3.33. The monoisotopic (exact) mass is 282 g/mol. The third-order valence-corrected chi connectivity index (χ3v) is 4.75. The van der Waals surface area contributed by atoms with Gasteiger partial charge in [0.1, 0.15) is 0 Å². The zero-order chi connectivity index (χ0) is 14.2. The first-order valence-corrected chi connectivity index (χ1v) is 8.37. The molecule has 4 nitrogen and oxygen atoms in total. The highest BCUT2D eigenvalue weighted by atomic mass is 16.5. The first-order chi connectivity index (χ1) is 9.79. The van der Waals surface area contributed by atoms with Crippen LogP contribution in [0.25, 0.3) is 0 Å². The van der Waals surface area contributed by atoms with Crippen LogP contribution in [0.4, 0.5) is 0 Å². The van der Waals surface area contributed by atoms with E-state index in [1.165, 1.54) is 25.7 Å². The lowest BCUT2D eigenvalue weighted by atomic mass is 9.96. The number of rotatable bonds is 7. The summed E-state index contributed by atoms with van der Waals surface area (Å²) in [5, 5.41) is 3.18. The average Bonchev–Trinajstić information content (AvgIpc) is 3.01. The van der Waals surface area contributed by atoms with Gasteiger partial charge in [0.25, 0.3) is 0 Å². The minimum atomic E-state index is 0.307. The quantitative estimate of drug-likeness (QED) is 0.727. The molecule has 116 valence electrons. The predicted octanol–water partition coefficient (Wildman–Crippen LogP) is 2.04. The summed E-state index contributed by atoms with van der Waals surface area (Å²) in [7, 11) is 0. The summed E-state index contributed by atoms with van der Waals surface area (Å²) in [6, 6.07) is 0. The molecule has 0 aromatic carbocycles. The molecule has 20 heavy (non-hydrogen) atoms. The fourth-order valence-corrected chi connectivity index (χ4v) is 3.33. The molecule has 1 N–H and O–H groups in total. The molecule has 1 saturated carbocycles. The van der Waals surface area contributed by atoms with Gasteiger partial charge in [-0.3, -0.25) is 4.79 Å². The van der Waals surface area contributed by atoms with Crippen molar-refractivity contribution in [1.82, 2.24) is 10.2 Å². The van der Waals surface area contributed by atoms with Crippen molar-refractivity contribution < 1.29 is 9.53 Å². The molecule has 2 rings (SSSR count). The van der Waals surface area contributed by atoms with Crippen molar-refractivity contribution in [2.45, 2.75) is 45.4 Å². The van der Waals surface area contributed by atoms with Gasteiger partial charge >= 0.3 is 0 Å². The topological polar surface area (TPSA) is 41.6 Å². The normalized spacial score (nSPS) is 22.2. The number of carbonyl (C=O) groups excluding carboxylic acids is 1. The summed E-state index contributed by atoms with van der Waals surface area (Å²) in [6.45, 7) is 7.93.